The van der Waals surface area contributed by atoms with Crippen molar-refractivity contribution in [3.8, 4) is 0 Å². The smallest absolute Gasteiger partial charge is 0.339 e. The maximum absolute atomic E-state index is 12.2. The predicted octanol–water partition coefficient (Wildman–Crippen LogP) is 4.15. The third-order valence-corrected chi connectivity index (χ3v) is 4.39. The Kier molecular flexibility index (Phi) is 5.97. The molecule has 0 spiro atoms. The molecule has 0 amide bonds. The summed E-state index contributed by atoms with van der Waals surface area (Å²) in [5.74, 6) is 0.378. The number of fused-ring (bicyclic) bond motifs is 1. The average Bonchev–Trinajstić information content (AvgIpc) is 2.91. The van der Waals surface area contributed by atoms with Gasteiger partial charge in [0, 0.05) is 18.5 Å². The van der Waals surface area contributed by atoms with Crippen LogP contribution in [0.3, 0.4) is 0 Å². The summed E-state index contributed by atoms with van der Waals surface area (Å²) < 4.78 is 5.13. The molecule has 0 N–H and O–H groups in total. The number of carbonyl (C=O) groups is 1. The molecule has 0 saturated heterocycles. The number of rotatable bonds is 7. The van der Waals surface area contributed by atoms with Crippen LogP contribution in [0.1, 0.15) is 44.0 Å². The van der Waals surface area contributed by atoms with E-state index in [1.165, 1.54) is 11.3 Å². The molecule has 120 valence electrons. The Morgan fingerprint density at radius 3 is 2.77 bits per heavy atom. The van der Waals surface area contributed by atoms with Gasteiger partial charge in [0.2, 0.25) is 5.28 Å². The molecule has 0 saturated carbocycles. The normalized spacial score (nSPS) is 10.9. The van der Waals surface area contributed by atoms with Crippen molar-refractivity contribution in [3.05, 3.63) is 16.2 Å². The molecule has 22 heavy (non-hydrogen) atoms. The highest BCUT2D eigenvalue weighted by Crippen LogP contribution is 2.33. The maximum atomic E-state index is 12.2. The lowest BCUT2D eigenvalue weighted by molar-refractivity contribution is 0.0529. The molecule has 0 radical (unpaired) electrons. The first-order chi connectivity index (χ1) is 10.6. The van der Waals surface area contributed by atoms with Crippen LogP contribution >= 0.6 is 22.9 Å². The van der Waals surface area contributed by atoms with Crippen LogP contribution in [0.2, 0.25) is 5.28 Å². The molecule has 0 atom stereocenters. The second-order valence-electron chi connectivity index (χ2n) is 4.80. The van der Waals surface area contributed by atoms with Crippen LogP contribution in [-0.2, 0) is 4.74 Å². The average molecular weight is 342 g/mol. The quantitative estimate of drug-likeness (QED) is 0.559. The van der Waals surface area contributed by atoms with Crippen molar-refractivity contribution in [3.63, 3.8) is 0 Å². The van der Waals surface area contributed by atoms with Crippen molar-refractivity contribution in [1.82, 2.24) is 9.97 Å². The van der Waals surface area contributed by atoms with Crippen molar-refractivity contribution >= 4 is 44.9 Å². The molecule has 2 aromatic heterocycles. The Hall–Kier alpha value is -1.40. The van der Waals surface area contributed by atoms with Crippen LogP contribution in [0.15, 0.2) is 5.38 Å². The molecule has 0 aliphatic rings. The van der Waals surface area contributed by atoms with E-state index in [0.717, 1.165) is 37.1 Å². The fourth-order valence-electron chi connectivity index (χ4n) is 2.25. The van der Waals surface area contributed by atoms with E-state index in [9.17, 15) is 4.79 Å². The van der Waals surface area contributed by atoms with E-state index in [4.69, 9.17) is 16.3 Å². The minimum atomic E-state index is -0.340. The number of esters is 1. The van der Waals surface area contributed by atoms with E-state index >= 15 is 0 Å². The minimum absolute atomic E-state index is 0.203. The zero-order valence-electron chi connectivity index (χ0n) is 13.1. The second kappa shape index (κ2) is 7.74. The largest absolute Gasteiger partial charge is 0.462 e. The summed E-state index contributed by atoms with van der Waals surface area (Å²) in [4.78, 5) is 23.6. The molecule has 0 aliphatic heterocycles. The molecule has 0 unspecified atom stereocenters. The van der Waals surface area contributed by atoms with E-state index in [1.54, 1.807) is 12.3 Å². The molecule has 5 nitrogen and oxygen atoms in total. The molecule has 2 aromatic rings. The number of ether oxygens (including phenoxy) is 1. The first kappa shape index (κ1) is 17.0. The lowest BCUT2D eigenvalue weighted by Crippen LogP contribution is -2.25. The van der Waals surface area contributed by atoms with Crippen LogP contribution < -0.4 is 4.90 Å². The summed E-state index contributed by atoms with van der Waals surface area (Å²) in [5.41, 5.74) is 0.517. The maximum Gasteiger partial charge on any atom is 0.339 e. The van der Waals surface area contributed by atoms with E-state index in [2.05, 4.69) is 28.7 Å². The monoisotopic (exact) mass is 341 g/mol. The molecule has 0 bridgehead atoms. The fraction of sp³-hybridized carbons (Fsp3) is 0.533. The number of hydrogen-bond donors (Lipinski definition) is 0. The first-order valence-electron chi connectivity index (χ1n) is 7.49. The van der Waals surface area contributed by atoms with Crippen LogP contribution in [0.5, 0.6) is 0 Å². The SMILES string of the molecule is CCCCN(CC)c1nc(Cl)nc2scc(C(=O)OCC)c12. The Morgan fingerprint density at radius 2 is 2.14 bits per heavy atom. The molecule has 0 fully saturated rings. The van der Waals surface area contributed by atoms with E-state index < -0.39 is 0 Å². The van der Waals surface area contributed by atoms with Gasteiger partial charge in [-0.25, -0.2) is 9.78 Å². The Labute approximate surface area is 139 Å². The Balaban J connectivity index is 2.55. The highest BCUT2D eigenvalue weighted by atomic mass is 35.5. The fourth-order valence-corrected chi connectivity index (χ4v) is 3.37. The van der Waals surface area contributed by atoms with Crippen LogP contribution in [0.25, 0.3) is 10.2 Å². The van der Waals surface area contributed by atoms with Crippen LogP contribution in [-0.4, -0.2) is 35.6 Å². The van der Waals surface area contributed by atoms with Crippen molar-refractivity contribution in [2.45, 2.75) is 33.6 Å². The number of halogens is 1. The summed E-state index contributed by atoms with van der Waals surface area (Å²) >= 11 is 7.44. The summed E-state index contributed by atoms with van der Waals surface area (Å²) in [6.07, 6.45) is 2.14. The van der Waals surface area contributed by atoms with Gasteiger partial charge in [-0.2, -0.15) is 4.98 Å². The zero-order chi connectivity index (χ0) is 16.1. The van der Waals surface area contributed by atoms with Gasteiger partial charge in [0.15, 0.2) is 0 Å². The van der Waals surface area contributed by atoms with Gasteiger partial charge < -0.3 is 9.64 Å². The van der Waals surface area contributed by atoms with Gasteiger partial charge in [0.25, 0.3) is 0 Å². The van der Waals surface area contributed by atoms with Gasteiger partial charge in [-0.15, -0.1) is 11.3 Å². The van der Waals surface area contributed by atoms with E-state index in [-0.39, 0.29) is 11.3 Å². The highest BCUT2D eigenvalue weighted by molar-refractivity contribution is 7.17. The number of thiophene rings is 1. The number of nitrogens with zero attached hydrogens (tertiary/aromatic N) is 3. The van der Waals surface area contributed by atoms with Gasteiger partial charge in [-0.1, -0.05) is 13.3 Å². The Bertz CT molecular complexity index is 660. The van der Waals surface area contributed by atoms with Gasteiger partial charge in [-0.05, 0) is 31.9 Å². The molecule has 0 aliphatic carbocycles. The summed E-state index contributed by atoms with van der Waals surface area (Å²) in [6, 6.07) is 0. The number of unbranched alkanes of at least 4 members (excludes halogenated alkanes) is 1. The molecule has 7 heteroatoms. The summed E-state index contributed by atoms with van der Waals surface area (Å²) in [6.45, 7) is 8.00. The topological polar surface area (TPSA) is 55.3 Å². The molecule has 0 aromatic carbocycles. The van der Waals surface area contributed by atoms with Gasteiger partial charge in [-0.3, -0.25) is 0 Å². The van der Waals surface area contributed by atoms with E-state index in [1.807, 2.05) is 0 Å². The minimum Gasteiger partial charge on any atom is -0.462 e. The van der Waals surface area contributed by atoms with Crippen molar-refractivity contribution in [2.75, 3.05) is 24.6 Å². The van der Waals surface area contributed by atoms with Crippen LogP contribution in [0.4, 0.5) is 5.82 Å². The Morgan fingerprint density at radius 1 is 1.36 bits per heavy atom. The van der Waals surface area contributed by atoms with Crippen LogP contribution in [0, 0.1) is 0 Å². The first-order valence-corrected chi connectivity index (χ1v) is 8.74. The molecular formula is C15H20ClN3O2S. The molecule has 2 rings (SSSR count). The lowest BCUT2D eigenvalue weighted by Gasteiger charge is -2.22. The summed E-state index contributed by atoms with van der Waals surface area (Å²) in [7, 11) is 0. The second-order valence-corrected chi connectivity index (χ2v) is 6.00. The third-order valence-electron chi connectivity index (χ3n) is 3.35. The summed E-state index contributed by atoms with van der Waals surface area (Å²) in [5, 5.41) is 2.71. The van der Waals surface area contributed by atoms with Crippen molar-refractivity contribution in [2.24, 2.45) is 0 Å². The standard InChI is InChI=1S/C15H20ClN3O2S/c1-4-7-8-19(5-2)12-11-10(14(20)21-6-3)9-22-13(11)18-15(16)17-12/h9H,4-8H2,1-3H3. The number of anilines is 1. The number of aromatic nitrogens is 2. The van der Waals surface area contributed by atoms with Gasteiger partial charge in [0.1, 0.15) is 10.6 Å². The lowest BCUT2D eigenvalue weighted by atomic mass is 10.2. The number of carbonyl (C=O) groups excluding carboxylic acids is 1. The van der Waals surface area contributed by atoms with Gasteiger partial charge in [0.05, 0.1) is 17.6 Å². The van der Waals surface area contributed by atoms with Crippen molar-refractivity contribution in [1.29, 1.82) is 0 Å². The highest BCUT2D eigenvalue weighted by Gasteiger charge is 2.22. The molecular weight excluding hydrogens is 322 g/mol. The number of hydrogen-bond acceptors (Lipinski definition) is 6. The van der Waals surface area contributed by atoms with Gasteiger partial charge >= 0.3 is 5.97 Å². The zero-order valence-corrected chi connectivity index (χ0v) is 14.6. The molecule has 2 heterocycles. The predicted molar refractivity (Wildman–Crippen MR) is 91.2 cm³/mol. The van der Waals surface area contributed by atoms with Crippen molar-refractivity contribution < 1.29 is 9.53 Å². The third kappa shape index (κ3) is 3.50. The van der Waals surface area contributed by atoms with E-state index in [0.29, 0.717) is 17.0 Å².